The van der Waals surface area contributed by atoms with Gasteiger partial charge in [-0.3, -0.25) is 0 Å². The number of rotatable bonds is 3. The Bertz CT molecular complexity index is 536. The molecule has 0 fully saturated rings. The molecule has 0 aliphatic carbocycles. The number of nitrogens with zero attached hydrogens (tertiary/aromatic N) is 1. The molecule has 2 aromatic rings. The number of ether oxygens (including phenoxy) is 2. The molecule has 88 valence electrons. The van der Waals surface area contributed by atoms with Crippen LogP contribution in [0, 0.1) is 0 Å². The highest BCUT2D eigenvalue weighted by Gasteiger charge is 2.13. The van der Waals surface area contributed by atoms with Gasteiger partial charge in [-0.25, -0.2) is 4.98 Å². The maximum Gasteiger partial charge on any atom is 0.231 e. The molecule has 5 heteroatoms. The predicted octanol–water partition coefficient (Wildman–Crippen LogP) is 1.19. The quantitative estimate of drug-likeness (QED) is 0.832. The fraction of sp³-hybridized carbons (Fsp3) is 0.250. The summed E-state index contributed by atoms with van der Waals surface area (Å²) in [6, 6.07) is 5.94. The summed E-state index contributed by atoms with van der Waals surface area (Å²) >= 11 is 0. The molecule has 3 N–H and O–H groups in total. The molecule has 0 spiro atoms. The molecule has 3 rings (SSSR count). The molecule has 1 aliphatic heterocycles. The van der Waals surface area contributed by atoms with Crippen LogP contribution in [-0.2, 0) is 13.0 Å². The van der Waals surface area contributed by atoms with Crippen molar-refractivity contribution in [3.05, 3.63) is 41.5 Å². The van der Waals surface area contributed by atoms with Gasteiger partial charge in [0, 0.05) is 18.3 Å². The fourth-order valence-corrected chi connectivity index (χ4v) is 1.87. The van der Waals surface area contributed by atoms with Crippen LogP contribution in [0.15, 0.2) is 24.4 Å². The first-order chi connectivity index (χ1) is 8.35. The number of aromatic amines is 1. The Balaban J connectivity index is 1.80. The highest BCUT2D eigenvalue weighted by Crippen LogP contribution is 2.32. The lowest BCUT2D eigenvalue weighted by Crippen LogP contribution is -1.98. The second kappa shape index (κ2) is 4.10. The average Bonchev–Trinajstić information content (AvgIpc) is 2.96. The number of H-pyrrole nitrogens is 1. The van der Waals surface area contributed by atoms with E-state index in [1.165, 1.54) is 0 Å². The van der Waals surface area contributed by atoms with E-state index in [2.05, 4.69) is 9.97 Å². The van der Waals surface area contributed by atoms with E-state index in [4.69, 9.17) is 15.2 Å². The second-order valence-electron chi connectivity index (χ2n) is 3.92. The molecule has 0 unspecified atom stereocenters. The van der Waals surface area contributed by atoms with Crippen LogP contribution in [-0.4, -0.2) is 16.8 Å². The van der Waals surface area contributed by atoms with Crippen molar-refractivity contribution >= 4 is 0 Å². The normalized spacial score (nSPS) is 13.0. The van der Waals surface area contributed by atoms with Gasteiger partial charge in [0.1, 0.15) is 5.82 Å². The van der Waals surface area contributed by atoms with Crippen LogP contribution in [0.3, 0.4) is 0 Å². The average molecular weight is 231 g/mol. The summed E-state index contributed by atoms with van der Waals surface area (Å²) in [4.78, 5) is 7.34. The van der Waals surface area contributed by atoms with Gasteiger partial charge in [-0.1, -0.05) is 6.07 Å². The van der Waals surface area contributed by atoms with Gasteiger partial charge in [-0.2, -0.15) is 0 Å². The van der Waals surface area contributed by atoms with E-state index in [-0.39, 0.29) is 0 Å². The Kier molecular flexibility index (Phi) is 2.45. The maximum atomic E-state index is 5.50. The van der Waals surface area contributed by atoms with Gasteiger partial charge in [0.25, 0.3) is 0 Å². The fourth-order valence-electron chi connectivity index (χ4n) is 1.87. The highest BCUT2D eigenvalue weighted by atomic mass is 16.7. The van der Waals surface area contributed by atoms with Crippen LogP contribution in [0.5, 0.6) is 11.5 Å². The zero-order valence-electron chi connectivity index (χ0n) is 9.27. The number of benzene rings is 1. The molecular weight excluding hydrogens is 218 g/mol. The molecule has 2 heterocycles. The molecular formula is C12H13N3O2. The third kappa shape index (κ3) is 1.97. The van der Waals surface area contributed by atoms with Crippen LogP contribution >= 0.6 is 0 Å². The Morgan fingerprint density at radius 3 is 3.00 bits per heavy atom. The van der Waals surface area contributed by atoms with Crippen LogP contribution in [0.4, 0.5) is 0 Å². The Hall–Kier alpha value is -2.01. The summed E-state index contributed by atoms with van der Waals surface area (Å²) in [5, 5.41) is 0. The van der Waals surface area contributed by atoms with Gasteiger partial charge in [-0.05, 0) is 17.7 Å². The van der Waals surface area contributed by atoms with Gasteiger partial charge in [0.05, 0.1) is 6.54 Å². The SMILES string of the molecule is NCc1ncc(Cc2ccc3c(c2)OCO3)[nH]1. The minimum Gasteiger partial charge on any atom is -0.454 e. The van der Waals surface area contributed by atoms with Gasteiger partial charge in [0.2, 0.25) is 6.79 Å². The van der Waals surface area contributed by atoms with Crippen LogP contribution < -0.4 is 15.2 Å². The maximum absolute atomic E-state index is 5.50. The molecule has 0 atom stereocenters. The third-order valence-corrected chi connectivity index (χ3v) is 2.71. The van der Waals surface area contributed by atoms with Gasteiger partial charge in [0.15, 0.2) is 11.5 Å². The van der Waals surface area contributed by atoms with E-state index >= 15 is 0 Å². The van der Waals surface area contributed by atoms with E-state index < -0.39 is 0 Å². The molecule has 17 heavy (non-hydrogen) atoms. The Morgan fingerprint density at radius 1 is 1.29 bits per heavy atom. The summed E-state index contributed by atoms with van der Waals surface area (Å²) in [5.74, 6) is 2.42. The van der Waals surface area contributed by atoms with Crippen molar-refractivity contribution in [2.75, 3.05) is 6.79 Å². The monoisotopic (exact) mass is 231 g/mol. The first-order valence-electron chi connectivity index (χ1n) is 5.46. The van der Waals surface area contributed by atoms with Crippen molar-refractivity contribution in [1.29, 1.82) is 0 Å². The van der Waals surface area contributed by atoms with Crippen molar-refractivity contribution < 1.29 is 9.47 Å². The summed E-state index contributed by atoms with van der Waals surface area (Å²) in [7, 11) is 0. The molecule has 1 aromatic heterocycles. The Morgan fingerprint density at radius 2 is 2.18 bits per heavy atom. The van der Waals surface area contributed by atoms with Gasteiger partial charge >= 0.3 is 0 Å². The number of nitrogens with one attached hydrogen (secondary N) is 1. The van der Waals surface area contributed by atoms with Crippen LogP contribution in [0.2, 0.25) is 0 Å². The zero-order chi connectivity index (χ0) is 11.7. The van der Waals surface area contributed by atoms with E-state index in [9.17, 15) is 0 Å². The van der Waals surface area contributed by atoms with Crippen LogP contribution in [0.1, 0.15) is 17.1 Å². The molecule has 1 aliphatic rings. The summed E-state index contributed by atoms with van der Waals surface area (Å²) in [6.07, 6.45) is 2.59. The summed E-state index contributed by atoms with van der Waals surface area (Å²) in [5.41, 5.74) is 7.70. The van der Waals surface area contributed by atoms with Crippen molar-refractivity contribution in [1.82, 2.24) is 9.97 Å². The molecule has 1 aromatic carbocycles. The number of aromatic nitrogens is 2. The zero-order valence-corrected chi connectivity index (χ0v) is 9.27. The van der Waals surface area contributed by atoms with E-state index in [0.29, 0.717) is 13.3 Å². The standard InChI is InChI=1S/C12H13N3O2/c13-5-12-14-6-9(15-12)3-8-1-2-10-11(4-8)17-7-16-10/h1-2,4,6H,3,5,7,13H2,(H,14,15). The lowest BCUT2D eigenvalue weighted by atomic mass is 10.1. The topological polar surface area (TPSA) is 73.2 Å². The number of hydrogen-bond donors (Lipinski definition) is 2. The first kappa shape index (κ1) is 10.2. The molecule has 0 amide bonds. The van der Waals surface area contributed by atoms with Crippen molar-refractivity contribution in [2.45, 2.75) is 13.0 Å². The number of nitrogens with two attached hydrogens (primary N) is 1. The van der Waals surface area contributed by atoms with Gasteiger partial charge < -0.3 is 20.2 Å². The van der Waals surface area contributed by atoms with E-state index in [1.807, 2.05) is 24.4 Å². The largest absolute Gasteiger partial charge is 0.454 e. The van der Waals surface area contributed by atoms with Crippen molar-refractivity contribution in [2.24, 2.45) is 5.73 Å². The molecule has 0 bridgehead atoms. The molecule has 0 saturated carbocycles. The first-order valence-corrected chi connectivity index (χ1v) is 5.46. The summed E-state index contributed by atoms with van der Waals surface area (Å²) in [6.45, 7) is 0.737. The number of fused-ring (bicyclic) bond motifs is 1. The van der Waals surface area contributed by atoms with Crippen molar-refractivity contribution in [3.8, 4) is 11.5 Å². The smallest absolute Gasteiger partial charge is 0.231 e. The third-order valence-electron chi connectivity index (χ3n) is 2.71. The predicted molar refractivity (Wildman–Crippen MR) is 61.9 cm³/mol. The molecule has 0 radical (unpaired) electrons. The number of hydrogen-bond acceptors (Lipinski definition) is 4. The second-order valence-corrected chi connectivity index (χ2v) is 3.92. The van der Waals surface area contributed by atoms with Gasteiger partial charge in [-0.15, -0.1) is 0 Å². The Labute approximate surface area is 98.6 Å². The lowest BCUT2D eigenvalue weighted by Gasteiger charge is -2.01. The minimum atomic E-state index is 0.306. The number of imidazole rings is 1. The van der Waals surface area contributed by atoms with E-state index in [0.717, 1.165) is 35.0 Å². The lowest BCUT2D eigenvalue weighted by molar-refractivity contribution is 0.174. The molecule has 0 saturated heterocycles. The van der Waals surface area contributed by atoms with E-state index in [1.54, 1.807) is 0 Å². The van der Waals surface area contributed by atoms with Crippen molar-refractivity contribution in [3.63, 3.8) is 0 Å². The molecule has 5 nitrogen and oxygen atoms in total. The summed E-state index contributed by atoms with van der Waals surface area (Å²) < 4.78 is 10.6. The minimum absolute atomic E-state index is 0.306. The highest BCUT2D eigenvalue weighted by molar-refractivity contribution is 5.45. The van der Waals surface area contributed by atoms with Crippen LogP contribution in [0.25, 0.3) is 0 Å².